The highest BCUT2D eigenvalue weighted by atomic mass is 79.9. The number of benzene rings is 2. The van der Waals surface area contributed by atoms with Crippen molar-refractivity contribution < 1.29 is 23.8 Å². The lowest BCUT2D eigenvalue weighted by Gasteiger charge is -2.14. The summed E-state index contributed by atoms with van der Waals surface area (Å²) in [5.41, 5.74) is 1.87. The Hall–Kier alpha value is -2.36. The van der Waals surface area contributed by atoms with Crippen LogP contribution in [0.5, 0.6) is 11.5 Å². The Morgan fingerprint density at radius 1 is 1.11 bits per heavy atom. The van der Waals surface area contributed by atoms with Crippen molar-refractivity contribution in [3.8, 4) is 11.5 Å². The summed E-state index contributed by atoms with van der Waals surface area (Å²) < 4.78 is 17.9. The molecule has 1 aliphatic heterocycles. The predicted molar refractivity (Wildman–Crippen MR) is 146 cm³/mol. The molecule has 1 amide bonds. The molecule has 1 aliphatic rings. The van der Waals surface area contributed by atoms with Gasteiger partial charge in [-0.15, -0.1) is 0 Å². The van der Waals surface area contributed by atoms with Crippen LogP contribution in [0.2, 0.25) is 0 Å². The van der Waals surface area contributed by atoms with E-state index in [0.717, 1.165) is 34.9 Å². The molecule has 0 saturated carbocycles. The number of unbranched alkanes of at least 4 members (excludes halogenated alkanes) is 2. The number of halogens is 1. The Labute approximate surface area is 224 Å². The summed E-state index contributed by atoms with van der Waals surface area (Å²) in [6, 6.07) is 13.5. The summed E-state index contributed by atoms with van der Waals surface area (Å²) in [4.78, 5) is 26.5. The molecule has 3 rings (SSSR count). The van der Waals surface area contributed by atoms with E-state index in [0.29, 0.717) is 46.9 Å². The maximum atomic E-state index is 12.9. The average molecular weight is 579 g/mol. The highest BCUT2D eigenvalue weighted by Gasteiger charge is 2.31. The normalized spacial score (nSPS) is 14.5. The van der Waals surface area contributed by atoms with Crippen LogP contribution in [0.25, 0.3) is 6.08 Å². The average Bonchev–Trinajstić information content (AvgIpc) is 3.11. The van der Waals surface area contributed by atoms with E-state index < -0.39 is 0 Å². The number of hydrogen-bond donors (Lipinski definition) is 0. The fourth-order valence-electron chi connectivity index (χ4n) is 3.43. The van der Waals surface area contributed by atoms with Crippen LogP contribution in [-0.4, -0.2) is 41.4 Å². The first-order valence-electron chi connectivity index (χ1n) is 11.4. The topological polar surface area (TPSA) is 65.1 Å². The minimum Gasteiger partial charge on any atom is -0.493 e. The molecule has 1 fully saturated rings. The third kappa shape index (κ3) is 8.08. The van der Waals surface area contributed by atoms with E-state index >= 15 is 0 Å². The van der Waals surface area contributed by atoms with E-state index in [1.165, 1.54) is 11.8 Å². The number of amides is 1. The zero-order valence-corrected chi connectivity index (χ0v) is 23.0. The molecular weight excluding hydrogens is 550 g/mol. The molecule has 0 unspecified atom stereocenters. The van der Waals surface area contributed by atoms with E-state index in [-0.39, 0.29) is 11.9 Å². The molecule has 0 atom stereocenters. The van der Waals surface area contributed by atoms with E-state index in [1.807, 2.05) is 48.5 Å². The monoisotopic (exact) mass is 577 g/mol. The number of carbonyl (C=O) groups is 2. The van der Waals surface area contributed by atoms with Gasteiger partial charge in [0.05, 0.1) is 18.6 Å². The van der Waals surface area contributed by atoms with Crippen LogP contribution in [0, 0.1) is 0 Å². The number of hydrogen-bond acceptors (Lipinski definition) is 7. The van der Waals surface area contributed by atoms with Crippen LogP contribution >= 0.6 is 39.9 Å². The van der Waals surface area contributed by atoms with Crippen molar-refractivity contribution in [2.24, 2.45) is 0 Å². The molecule has 186 valence electrons. The SMILES string of the molecule is CCOC(=O)CCCCCN1C(=O)/C(=C\c2ccc(OCc3ccc(Br)cc3)c(OC)c2)SC1=S. The van der Waals surface area contributed by atoms with Crippen LogP contribution in [0.4, 0.5) is 0 Å². The fourth-order valence-corrected chi connectivity index (χ4v) is 5.00. The second-order valence-corrected chi connectivity index (χ2v) is 10.4. The highest BCUT2D eigenvalue weighted by Crippen LogP contribution is 2.35. The Balaban J connectivity index is 1.57. The maximum absolute atomic E-state index is 12.9. The number of rotatable bonds is 12. The Kier molecular flexibility index (Phi) is 10.6. The summed E-state index contributed by atoms with van der Waals surface area (Å²) in [6.07, 6.45) is 4.56. The number of thioether (sulfide) groups is 1. The standard InChI is InChI=1S/C26H28BrNO5S2/c1-3-32-24(29)7-5-4-6-14-28-25(30)23(35-26(28)34)16-19-10-13-21(22(15-19)31-2)33-17-18-8-11-20(27)12-9-18/h8-13,15-16H,3-7,14,17H2,1-2H3/b23-16+. The van der Waals surface area contributed by atoms with Crippen molar-refractivity contribution in [3.63, 3.8) is 0 Å². The van der Waals surface area contributed by atoms with E-state index in [9.17, 15) is 9.59 Å². The zero-order valence-electron chi connectivity index (χ0n) is 19.8. The molecule has 6 nitrogen and oxygen atoms in total. The van der Waals surface area contributed by atoms with Gasteiger partial charge in [-0.25, -0.2) is 0 Å². The molecule has 0 radical (unpaired) electrons. The van der Waals surface area contributed by atoms with Crippen molar-refractivity contribution in [2.45, 2.75) is 39.2 Å². The molecule has 1 saturated heterocycles. The fraction of sp³-hybridized carbons (Fsp3) is 0.346. The number of esters is 1. The van der Waals surface area contributed by atoms with Crippen LogP contribution in [0.3, 0.4) is 0 Å². The minimum absolute atomic E-state index is 0.0973. The molecule has 0 spiro atoms. The minimum atomic E-state index is -0.179. The largest absolute Gasteiger partial charge is 0.493 e. The zero-order chi connectivity index (χ0) is 25.2. The van der Waals surface area contributed by atoms with Crippen molar-refractivity contribution >= 4 is 62.2 Å². The summed E-state index contributed by atoms with van der Waals surface area (Å²) in [6.45, 7) is 3.15. The predicted octanol–water partition coefficient (Wildman–Crippen LogP) is 6.36. The smallest absolute Gasteiger partial charge is 0.305 e. The van der Waals surface area contributed by atoms with Gasteiger partial charge in [0.2, 0.25) is 0 Å². The molecule has 2 aromatic carbocycles. The highest BCUT2D eigenvalue weighted by molar-refractivity contribution is 9.10. The number of ether oxygens (including phenoxy) is 3. The van der Waals surface area contributed by atoms with Crippen LogP contribution in [-0.2, 0) is 20.9 Å². The molecule has 0 bridgehead atoms. The van der Waals surface area contributed by atoms with Gasteiger partial charge in [-0.3, -0.25) is 14.5 Å². The number of thiocarbonyl (C=S) groups is 1. The molecule has 0 aliphatic carbocycles. The van der Waals surface area contributed by atoms with Gasteiger partial charge < -0.3 is 14.2 Å². The van der Waals surface area contributed by atoms with Gasteiger partial charge in [-0.1, -0.05) is 64.5 Å². The first kappa shape index (κ1) is 27.2. The van der Waals surface area contributed by atoms with Crippen molar-refractivity contribution in [1.82, 2.24) is 4.90 Å². The van der Waals surface area contributed by atoms with Gasteiger partial charge in [-0.2, -0.15) is 0 Å². The van der Waals surface area contributed by atoms with Crippen LogP contribution in [0.15, 0.2) is 51.8 Å². The molecule has 0 aromatic heterocycles. The molecule has 9 heteroatoms. The number of carbonyl (C=O) groups excluding carboxylic acids is 2. The van der Waals surface area contributed by atoms with Gasteiger partial charge in [0, 0.05) is 17.4 Å². The van der Waals surface area contributed by atoms with Gasteiger partial charge in [0.25, 0.3) is 5.91 Å². The maximum Gasteiger partial charge on any atom is 0.305 e. The van der Waals surface area contributed by atoms with E-state index in [4.69, 9.17) is 26.4 Å². The Bertz CT molecular complexity index is 1090. The molecular formula is C26H28BrNO5S2. The first-order valence-corrected chi connectivity index (χ1v) is 13.4. The van der Waals surface area contributed by atoms with Crippen LogP contribution < -0.4 is 9.47 Å². The third-order valence-electron chi connectivity index (χ3n) is 5.23. The number of nitrogens with zero attached hydrogens (tertiary/aromatic N) is 1. The lowest BCUT2D eigenvalue weighted by Crippen LogP contribution is -2.29. The van der Waals surface area contributed by atoms with Crippen molar-refractivity contribution in [2.75, 3.05) is 20.3 Å². The number of methoxy groups -OCH3 is 1. The van der Waals surface area contributed by atoms with Gasteiger partial charge in [0.15, 0.2) is 11.5 Å². The Morgan fingerprint density at radius 3 is 2.60 bits per heavy atom. The molecule has 2 aromatic rings. The van der Waals surface area contributed by atoms with Crippen LogP contribution in [0.1, 0.15) is 43.7 Å². The molecule has 0 N–H and O–H groups in total. The second-order valence-electron chi connectivity index (χ2n) is 7.77. The van der Waals surface area contributed by atoms with Gasteiger partial charge in [0.1, 0.15) is 10.9 Å². The van der Waals surface area contributed by atoms with Gasteiger partial charge in [-0.05, 0) is 61.2 Å². The van der Waals surface area contributed by atoms with E-state index in [2.05, 4.69) is 15.9 Å². The molecule has 1 heterocycles. The lowest BCUT2D eigenvalue weighted by molar-refractivity contribution is -0.143. The van der Waals surface area contributed by atoms with Crippen molar-refractivity contribution in [3.05, 3.63) is 63.0 Å². The molecule has 35 heavy (non-hydrogen) atoms. The van der Waals surface area contributed by atoms with Gasteiger partial charge >= 0.3 is 5.97 Å². The lowest BCUT2D eigenvalue weighted by atomic mass is 10.1. The second kappa shape index (κ2) is 13.7. The Morgan fingerprint density at radius 2 is 1.89 bits per heavy atom. The third-order valence-corrected chi connectivity index (χ3v) is 7.14. The van der Waals surface area contributed by atoms with Crippen molar-refractivity contribution in [1.29, 1.82) is 0 Å². The van der Waals surface area contributed by atoms with E-state index in [1.54, 1.807) is 18.9 Å². The first-order chi connectivity index (χ1) is 16.9. The summed E-state index contributed by atoms with van der Waals surface area (Å²) in [7, 11) is 1.59. The quantitative estimate of drug-likeness (QED) is 0.126. The summed E-state index contributed by atoms with van der Waals surface area (Å²) in [5.74, 6) is 0.942. The summed E-state index contributed by atoms with van der Waals surface area (Å²) in [5, 5.41) is 0. The summed E-state index contributed by atoms with van der Waals surface area (Å²) >= 11 is 10.2.